The molecule has 0 fully saturated rings. The molecule has 3 heteroatoms. The van der Waals surface area contributed by atoms with Gasteiger partial charge in [-0.15, -0.1) is 0 Å². The van der Waals surface area contributed by atoms with Crippen molar-refractivity contribution in [2.24, 2.45) is 0 Å². The summed E-state index contributed by atoms with van der Waals surface area (Å²) in [7, 11) is 0. The predicted molar refractivity (Wildman–Crippen MR) is 99.4 cm³/mol. The molecule has 0 atom stereocenters. The summed E-state index contributed by atoms with van der Waals surface area (Å²) in [6.07, 6.45) is 0. The van der Waals surface area contributed by atoms with E-state index in [2.05, 4.69) is 36.5 Å². The Hall–Kier alpha value is -2.52. The Bertz CT molecular complexity index is 813. The van der Waals surface area contributed by atoms with Crippen LogP contribution < -0.4 is 5.32 Å². The summed E-state index contributed by atoms with van der Waals surface area (Å²) >= 11 is 1.61. The van der Waals surface area contributed by atoms with Gasteiger partial charge in [-0.1, -0.05) is 71.9 Å². The van der Waals surface area contributed by atoms with Crippen molar-refractivity contribution in [3.63, 3.8) is 0 Å². The number of amides is 1. The number of aryl methyl sites for hydroxylation is 1. The van der Waals surface area contributed by atoms with E-state index in [1.807, 2.05) is 54.6 Å². The number of benzene rings is 3. The van der Waals surface area contributed by atoms with E-state index in [-0.39, 0.29) is 5.91 Å². The SMILES string of the molecule is Cc1ccc(Sc2ccccc2C(=O)NCc2ccccc2)cc1. The van der Waals surface area contributed by atoms with Gasteiger partial charge in [-0.25, -0.2) is 0 Å². The predicted octanol–water partition coefficient (Wildman–Crippen LogP) is 5.08. The van der Waals surface area contributed by atoms with Crippen molar-refractivity contribution in [1.82, 2.24) is 5.32 Å². The van der Waals surface area contributed by atoms with Crippen molar-refractivity contribution in [2.45, 2.75) is 23.3 Å². The molecule has 3 rings (SSSR count). The zero-order chi connectivity index (χ0) is 16.8. The van der Waals surface area contributed by atoms with E-state index in [1.165, 1.54) is 5.56 Å². The van der Waals surface area contributed by atoms with Crippen molar-refractivity contribution >= 4 is 17.7 Å². The average Bonchev–Trinajstić information content (AvgIpc) is 2.63. The quantitative estimate of drug-likeness (QED) is 0.706. The van der Waals surface area contributed by atoms with Gasteiger partial charge in [0.2, 0.25) is 0 Å². The molecule has 0 radical (unpaired) electrons. The standard InChI is InChI=1S/C21H19NOS/c1-16-11-13-18(14-12-16)24-20-10-6-5-9-19(20)21(23)22-15-17-7-3-2-4-8-17/h2-14H,15H2,1H3,(H,22,23). The minimum Gasteiger partial charge on any atom is -0.348 e. The molecular formula is C21H19NOS. The van der Waals surface area contributed by atoms with Crippen molar-refractivity contribution in [3.8, 4) is 0 Å². The van der Waals surface area contributed by atoms with Crippen LogP contribution >= 0.6 is 11.8 Å². The Labute approximate surface area is 146 Å². The molecule has 24 heavy (non-hydrogen) atoms. The Morgan fingerprint density at radius 3 is 2.29 bits per heavy atom. The van der Waals surface area contributed by atoms with Crippen LogP contribution in [0.3, 0.4) is 0 Å². The Balaban J connectivity index is 1.73. The fourth-order valence-corrected chi connectivity index (χ4v) is 3.29. The van der Waals surface area contributed by atoms with Crippen LogP contribution in [0.1, 0.15) is 21.5 Å². The minimum atomic E-state index is -0.0472. The van der Waals surface area contributed by atoms with Gasteiger partial charge in [0, 0.05) is 16.3 Å². The molecular weight excluding hydrogens is 314 g/mol. The molecule has 2 nitrogen and oxygen atoms in total. The van der Waals surface area contributed by atoms with Crippen LogP contribution in [0, 0.1) is 6.92 Å². The van der Waals surface area contributed by atoms with Gasteiger partial charge >= 0.3 is 0 Å². The first-order valence-corrected chi connectivity index (χ1v) is 8.70. The first kappa shape index (κ1) is 16.3. The Morgan fingerprint density at radius 1 is 0.875 bits per heavy atom. The molecule has 120 valence electrons. The second-order valence-electron chi connectivity index (χ2n) is 5.58. The van der Waals surface area contributed by atoms with E-state index in [1.54, 1.807) is 11.8 Å². The highest BCUT2D eigenvalue weighted by Crippen LogP contribution is 2.30. The van der Waals surface area contributed by atoms with Crippen molar-refractivity contribution in [1.29, 1.82) is 0 Å². The summed E-state index contributed by atoms with van der Waals surface area (Å²) in [4.78, 5) is 14.7. The number of hydrogen-bond donors (Lipinski definition) is 1. The lowest BCUT2D eigenvalue weighted by atomic mass is 10.2. The first-order chi connectivity index (χ1) is 11.7. The number of carbonyl (C=O) groups is 1. The van der Waals surface area contributed by atoms with E-state index >= 15 is 0 Å². The lowest BCUT2D eigenvalue weighted by Crippen LogP contribution is -2.23. The van der Waals surface area contributed by atoms with Gasteiger partial charge in [0.05, 0.1) is 5.56 Å². The van der Waals surface area contributed by atoms with Gasteiger partial charge in [-0.2, -0.15) is 0 Å². The first-order valence-electron chi connectivity index (χ1n) is 7.88. The summed E-state index contributed by atoms with van der Waals surface area (Å²) in [5, 5.41) is 3.00. The van der Waals surface area contributed by atoms with Crippen molar-refractivity contribution in [3.05, 3.63) is 95.6 Å². The topological polar surface area (TPSA) is 29.1 Å². The van der Waals surface area contributed by atoms with E-state index in [9.17, 15) is 4.79 Å². The van der Waals surface area contributed by atoms with Crippen LogP contribution in [-0.2, 0) is 6.54 Å². The number of nitrogens with one attached hydrogen (secondary N) is 1. The average molecular weight is 333 g/mol. The summed E-state index contributed by atoms with van der Waals surface area (Å²) in [6, 6.07) is 26.0. The van der Waals surface area contributed by atoms with Crippen molar-refractivity contribution < 1.29 is 4.79 Å². The zero-order valence-corrected chi connectivity index (χ0v) is 14.3. The van der Waals surface area contributed by atoms with Gasteiger partial charge in [0.1, 0.15) is 0 Å². The normalized spacial score (nSPS) is 10.4. The fraction of sp³-hybridized carbons (Fsp3) is 0.0952. The van der Waals surface area contributed by atoms with Gasteiger partial charge in [-0.3, -0.25) is 4.79 Å². The van der Waals surface area contributed by atoms with Crippen LogP contribution in [0.15, 0.2) is 88.7 Å². The number of rotatable bonds is 5. The molecule has 0 unspecified atom stereocenters. The van der Waals surface area contributed by atoms with Gasteiger partial charge in [0.15, 0.2) is 0 Å². The maximum atomic E-state index is 12.6. The van der Waals surface area contributed by atoms with E-state index in [0.29, 0.717) is 12.1 Å². The molecule has 0 saturated heterocycles. The molecule has 0 aliphatic carbocycles. The molecule has 0 aliphatic heterocycles. The van der Waals surface area contributed by atoms with Crippen LogP contribution in [0.4, 0.5) is 0 Å². The molecule has 0 aliphatic rings. The largest absolute Gasteiger partial charge is 0.348 e. The minimum absolute atomic E-state index is 0.0472. The van der Waals surface area contributed by atoms with E-state index < -0.39 is 0 Å². The monoisotopic (exact) mass is 333 g/mol. The Morgan fingerprint density at radius 2 is 1.54 bits per heavy atom. The van der Waals surface area contributed by atoms with Gasteiger partial charge < -0.3 is 5.32 Å². The summed E-state index contributed by atoms with van der Waals surface area (Å²) in [5.41, 5.74) is 3.03. The Kier molecular flexibility index (Phi) is 5.34. The lowest BCUT2D eigenvalue weighted by Gasteiger charge is -2.10. The molecule has 3 aromatic rings. The highest BCUT2D eigenvalue weighted by Gasteiger charge is 2.11. The van der Waals surface area contributed by atoms with Crippen LogP contribution in [0.2, 0.25) is 0 Å². The molecule has 3 aromatic carbocycles. The second kappa shape index (κ2) is 7.84. The van der Waals surface area contributed by atoms with Gasteiger partial charge in [-0.05, 0) is 36.8 Å². The molecule has 1 N–H and O–H groups in total. The molecule has 0 saturated carbocycles. The second-order valence-corrected chi connectivity index (χ2v) is 6.69. The van der Waals surface area contributed by atoms with E-state index in [4.69, 9.17) is 0 Å². The number of hydrogen-bond acceptors (Lipinski definition) is 2. The molecule has 1 amide bonds. The third kappa shape index (κ3) is 4.27. The van der Waals surface area contributed by atoms with E-state index in [0.717, 1.165) is 15.4 Å². The summed E-state index contributed by atoms with van der Waals surface area (Å²) in [6.45, 7) is 2.60. The summed E-state index contributed by atoms with van der Waals surface area (Å²) in [5.74, 6) is -0.0472. The maximum Gasteiger partial charge on any atom is 0.252 e. The highest BCUT2D eigenvalue weighted by atomic mass is 32.2. The molecule has 0 aromatic heterocycles. The third-order valence-corrected chi connectivity index (χ3v) is 4.76. The van der Waals surface area contributed by atoms with Gasteiger partial charge in [0.25, 0.3) is 5.91 Å². The van der Waals surface area contributed by atoms with Crippen LogP contribution in [0.25, 0.3) is 0 Å². The molecule has 0 bridgehead atoms. The van der Waals surface area contributed by atoms with Crippen LogP contribution in [0.5, 0.6) is 0 Å². The molecule has 0 heterocycles. The zero-order valence-electron chi connectivity index (χ0n) is 13.5. The highest BCUT2D eigenvalue weighted by molar-refractivity contribution is 7.99. The maximum absolute atomic E-state index is 12.6. The van der Waals surface area contributed by atoms with Crippen LogP contribution in [-0.4, -0.2) is 5.91 Å². The lowest BCUT2D eigenvalue weighted by molar-refractivity contribution is 0.0948. The molecule has 0 spiro atoms. The fourth-order valence-electron chi connectivity index (χ4n) is 2.35. The number of carbonyl (C=O) groups excluding carboxylic acids is 1. The smallest absolute Gasteiger partial charge is 0.252 e. The summed E-state index contributed by atoms with van der Waals surface area (Å²) < 4.78 is 0. The van der Waals surface area contributed by atoms with Crippen molar-refractivity contribution in [2.75, 3.05) is 0 Å². The third-order valence-electron chi connectivity index (χ3n) is 3.68.